The summed E-state index contributed by atoms with van der Waals surface area (Å²) in [6.07, 6.45) is 9.12. The molecule has 2 aromatic rings. The Bertz CT molecular complexity index is 762. The maximum absolute atomic E-state index is 13.0. The number of amides is 1. The van der Waals surface area contributed by atoms with Gasteiger partial charge >= 0.3 is 0 Å². The van der Waals surface area contributed by atoms with Gasteiger partial charge in [0.2, 0.25) is 0 Å². The first kappa shape index (κ1) is 16.5. The lowest BCUT2D eigenvalue weighted by atomic mass is 9.85. The van der Waals surface area contributed by atoms with Crippen molar-refractivity contribution in [3.05, 3.63) is 30.2 Å². The Hall–Kier alpha value is -1.99. The molecule has 0 saturated carbocycles. The lowest BCUT2D eigenvalue weighted by Crippen LogP contribution is -2.50. The zero-order valence-corrected chi connectivity index (χ0v) is 14.6. The van der Waals surface area contributed by atoms with Crippen LogP contribution in [0.3, 0.4) is 0 Å². The Balaban J connectivity index is 1.49. The van der Waals surface area contributed by atoms with E-state index in [2.05, 4.69) is 10.1 Å². The first-order chi connectivity index (χ1) is 12.2. The highest BCUT2D eigenvalue weighted by atomic mass is 16.5. The van der Waals surface area contributed by atoms with E-state index in [1.54, 1.807) is 36.3 Å². The third-order valence-corrected chi connectivity index (χ3v) is 5.35. The molecule has 2 saturated heterocycles. The quantitative estimate of drug-likeness (QED) is 0.846. The van der Waals surface area contributed by atoms with Crippen LogP contribution in [0.5, 0.6) is 0 Å². The summed E-state index contributed by atoms with van der Waals surface area (Å²) in [4.78, 5) is 19.2. The summed E-state index contributed by atoms with van der Waals surface area (Å²) in [5.41, 5.74) is 0.979. The van der Waals surface area contributed by atoms with Crippen molar-refractivity contribution >= 4 is 11.6 Å². The fraction of sp³-hybridized carbons (Fsp3) is 0.611. The highest BCUT2D eigenvalue weighted by Crippen LogP contribution is 2.39. The van der Waals surface area contributed by atoms with Crippen molar-refractivity contribution in [1.29, 1.82) is 0 Å². The summed E-state index contributed by atoms with van der Waals surface area (Å²) in [6.45, 7) is 2.95. The van der Waals surface area contributed by atoms with Gasteiger partial charge in [-0.05, 0) is 37.7 Å². The molecule has 0 N–H and O–H groups in total. The van der Waals surface area contributed by atoms with Crippen LogP contribution in [-0.4, -0.2) is 64.4 Å². The van der Waals surface area contributed by atoms with Crippen molar-refractivity contribution in [2.75, 3.05) is 33.4 Å². The predicted molar refractivity (Wildman–Crippen MR) is 91.4 cm³/mol. The van der Waals surface area contributed by atoms with Crippen LogP contribution in [0.2, 0.25) is 0 Å². The number of hydrogen-bond donors (Lipinski definition) is 0. The molecule has 4 rings (SSSR count). The van der Waals surface area contributed by atoms with E-state index in [4.69, 9.17) is 9.47 Å². The smallest absolute Gasteiger partial charge is 0.259 e. The van der Waals surface area contributed by atoms with Crippen LogP contribution < -0.4 is 0 Å². The van der Waals surface area contributed by atoms with Crippen LogP contribution in [0.15, 0.2) is 24.7 Å². The number of hydrogen-bond acceptors (Lipinski definition) is 5. The molecule has 134 valence electrons. The van der Waals surface area contributed by atoms with Gasteiger partial charge in [0.15, 0.2) is 5.65 Å². The van der Waals surface area contributed by atoms with E-state index in [-0.39, 0.29) is 11.5 Å². The molecule has 2 atom stereocenters. The molecule has 1 amide bonds. The SMILES string of the molecule is COCC[C@@H]1CO[C@]2(CCCN(C(=O)c3cnn4cccnc34)C2)C1. The third kappa shape index (κ3) is 3.14. The summed E-state index contributed by atoms with van der Waals surface area (Å²) in [5, 5.41) is 4.23. The molecule has 4 heterocycles. The number of ether oxygens (including phenoxy) is 2. The zero-order chi connectivity index (χ0) is 17.3. The topological polar surface area (TPSA) is 69.0 Å². The Kier molecular flexibility index (Phi) is 4.43. The summed E-state index contributed by atoms with van der Waals surface area (Å²) >= 11 is 0. The summed E-state index contributed by atoms with van der Waals surface area (Å²) in [7, 11) is 1.73. The van der Waals surface area contributed by atoms with Crippen LogP contribution in [0, 0.1) is 5.92 Å². The van der Waals surface area contributed by atoms with Crippen molar-refractivity contribution in [2.45, 2.75) is 31.3 Å². The van der Waals surface area contributed by atoms with Gasteiger partial charge in [0.05, 0.1) is 18.4 Å². The summed E-state index contributed by atoms with van der Waals surface area (Å²) in [5.74, 6) is 0.519. The van der Waals surface area contributed by atoms with Gasteiger partial charge in [-0.3, -0.25) is 4.79 Å². The molecular weight excluding hydrogens is 320 g/mol. The van der Waals surface area contributed by atoms with Gasteiger partial charge < -0.3 is 14.4 Å². The highest BCUT2D eigenvalue weighted by molar-refractivity contribution is 5.99. The van der Waals surface area contributed by atoms with E-state index >= 15 is 0 Å². The van der Waals surface area contributed by atoms with Crippen molar-refractivity contribution in [3.63, 3.8) is 0 Å². The van der Waals surface area contributed by atoms with E-state index in [1.165, 1.54) is 0 Å². The first-order valence-electron chi connectivity index (χ1n) is 8.91. The van der Waals surface area contributed by atoms with Gasteiger partial charge in [-0.15, -0.1) is 0 Å². The largest absolute Gasteiger partial charge is 0.385 e. The fourth-order valence-corrected chi connectivity index (χ4v) is 4.11. The second-order valence-electron chi connectivity index (χ2n) is 7.12. The number of carbonyl (C=O) groups excluding carboxylic acids is 1. The van der Waals surface area contributed by atoms with Crippen molar-refractivity contribution in [1.82, 2.24) is 19.5 Å². The van der Waals surface area contributed by atoms with Crippen molar-refractivity contribution in [3.8, 4) is 0 Å². The predicted octanol–water partition coefficient (Wildman–Crippen LogP) is 1.78. The maximum atomic E-state index is 13.0. The summed E-state index contributed by atoms with van der Waals surface area (Å²) in [6, 6.07) is 1.80. The molecule has 0 aromatic carbocycles. The lowest BCUT2D eigenvalue weighted by molar-refractivity contribution is -0.0450. The fourth-order valence-electron chi connectivity index (χ4n) is 4.11. The first-order valence-corrected chi connectivity index (χ1v) is 8.91. The van der Waals surface area contributed by atoms with Crippen LogP contribution in [0.25, 0.3) is 5.65 Å². The normalized spacial score (nSPS) is 26.6. The standard InChI is InChI=1S/C18H24N4O3/c1-24-9-4-14-10-18(25-12-14)5-2-7-21(13-18)17(23)15-11-20-22-8-3-6-19-16(15)22/h3,6,8,11,14H,2,4-5,7,9-10,12-13H2,1H3/t14-,18+/m0/s1. The number of fused-ring (bicyclic) bond motifs is 1. The molecule has 0 bridgehead atoms. The third-order valence-electron chi connectivity index (χ3n) is 5.35. The molecule has 0 unspecified atom stereocenters. The van der Waals surface area contributed by atoms with Crippen LogP contribution in [-0.2, 0) is 9.47 Å². The van der Waals surface area contributed by atoms with Gasteiger partial charge in [-0.1, -0.05) is 0 Å². The number of carbonyl (C=O) groups is 1. The Morgan fingerprint density at radius 2 is 2.44 bits per heavy atom. The van der Waals surface area contributed by atoms with Crippen molar-refractivity contribution in [2.24, 2.45) is 5.92 Å². The number of rotatable bonds is 4. The molecule has 1 spiro atoms. The number of likely N-dealkylation sites (tertiary alicyclic amines) is 1. The van der Waals surface area contributed by atoms with E-state index in [0.29, 0.717) is 23.7 Å². The number of piperidine rings is 1. The molecule has 2 fully saturated rings. The average molecular weight is 344 g/mol. The molecular formula is C18H24N4O3. The van der Waals surface area contributed by atoms with Crippen LogP contribution in [0.1, 0.15) is 36.0 Å². The molecule has 2 aliphatic heterocycles. The van der Waals surface area contributed by atoms with Gasteiger partial charge in [-0.25, -0.2) is 9.50 Å². The van der Waals surface area contributed by atoms with E-state index in [1.807, 2.05) is 4.90 Å². The lowest BCUT2D eigenvalue weighted by Gasteiger charge is -2.39. The second-order valence-corrected chi connectivity index (χ2v) is 7.12. The number of nitrogens with zero attached hydrogens (tertiary/aromatic N) is 4. The van der Waals surface area contributed by atoms with Gasteiger partial charge in [0, 0.05) is 39.2 Å². The Morgan fingerprint density at radius 3 is 3.32 bits per heavy atom. The van der Waals surface area contributed by atoms with Gasteiger partial charge in [0.1, 0.15) is 5.56 Å². The Morgan fingerprint density at radius 1 is 1.52 bits per heavy atom. The molecule has 0 aliphatic carbocycles. The zero-order valence-electron chi connectivity index (χ0n) is 14.6. The maximum Gasteiger partial charge on any atom is 0.259 e. The molecule has 0 radical (unpaired) electrons. The van der Waals surface area contributed by atoms with Crippen LogP contribution >= 0.6 is 0 Å². The molecule has 7 heteroatoms. The number of aromatic nitrogens is 3. The molecule has 7 nitrogen and oxygen atoms in total. The molecule has 25 heavy (non-hydrogen) atoms. The second kappa shape index (κ2) is 6.72. The van der Waals surface area contributed by atoms with Crippen molar-refractivity contribution < 1.29 is 14.3 Å². The molecule has 2 aromatic heterocycles. The van der Waals surface area contributed by atoms with E-state index in [0.717, 1.165) is 45.4 Å². The Labute approximate surface area is 146 Å². The average Bonchev–Trinajstić information content (AvgIpc) is 3.24. The van der Waals surface area contributed by atoms with E-state index in [9.17, 15) is 4.79 Å². The molecule has 2 aliphatic rings. The van der Waals surface area contributed by atoms with Gasteiger partial charge in [-0.2, -0.15) is 5.10 Å². The monoisotopic (exact) mass is 344 g/mol. The van der Waals surface area contributed by atoms with E-state index < -0.39 is 0 Å². The highest BCUT2D eigenvalue weighted by Gasteiger charge is 2.44. The van der Waals surface area contributed by atoms with Crippen LogP contribution in [0.4, 0.5) is 0 Å². The minimum Gasteiger partial charge on any atom is -0.385 e. The minimum atomic E-state index is -0.192. The number of methoxy groups -OCH3 is 1. The summed E-state index contributed by atoms with van der Waals surface area (Å²) < 4.78 is 13.0. The van der Waals surface area contributed by atoms with Gasteiger partial charge in [0.25, 0.3) is 5.91 Å². The minimum absolute atomic E-state index is 0.00304.